The summed E-state index contributed by atoms with van der Waals surface area (Å²) in [5, 5.41) is 5.83. The van der Waals surface area contributed by atoms with E-state index in [2.05, 4.69) is 20.1 Å². The van der Waals surface area contributed by atoms with E-state index >= 15 is 0 Å². The van der Waals surface area contributed by atoms with Crippen molar-refractivity contribution >= 4 is 22.7 Å². The van der Waals surface area contributed by atoms with Gasteiger partial charge in [-0.15, -0.1) is 0 Å². The average Bonchev–Trinajstić information content (AvgIpc) is 2.86. The van der Waals surface area contributed by atoms with Crippen molar-refractivity contribution in [3.63, 3.8) is 0 Å². The monoisotopic (exact) mass is 272 g/mol. The summed E-state index contributed by atoms with van der Waals surface area (Å²) in [6.07, 6.45) is 1.58. The molecule has 0 saturated carbocycles. The van der Waals surface area contributed by atoms with Crippen LogP contribution >= 0.6 is 11.8 Å². The minimum Gasteiger partial charge on any atom is -0.338 e. The lowest BCUT2D eigenvalue weighted by Gasteiger charge is -2.07. The van der Waals surface area contributed by atoms with Crippen molar-refractivity contribution in [2.45, 2.75) is 24.1 Å². The molecule has 5 nitrogen and oxygen atoms in total. The largest absolute Gasteiger partial charge is 0.338 e. The van der Waals surface area contributed by atoms with Crippen molar-refractivity contribution < 1.29 is 4.52 Å². The van der Waals surface area contributed by atoms with Crippen molar-refractivity contribution in [1.82, 2.24) is 20.1 Å². The molecule has 0 bridgehead atoms. The molecule has 0 aliphatic heterocycles. The van der Waals surface area contributed by atoms with Gasteiger partial charge in [-0.05, 0) is 19.9 Å². The lowest BCUT2D eigenvalue weighted by molar-refractivity contribution is 0.376. The number of hydrogen-bond acceptors (Lipinski definition) is 6. The molecular formula is C13H12N4OS. The van der Waals surface area contributed by atoms with Gasteiger partial charge in [-0.2, -0.15) is 4.98 Å². The minimum atomic E-state index is 0.0551. The highest BCUT2D eigenvalue weighted by Crippen LogP contribution is 2.35. The van der Waals surface area contributed by atoms with Gasteiger partial charge in [-0.1, -0.05) is 35.1 Å². The quantitative estimate of drug-likeness (QED) is 0.539. The van der Waals surface area contributed by atoms with Crippen LogP contribution in [0.4, 0.5) is 0 Å². The number of fused-ring (bicyclic) bond motifs is 1. The summed E-state index contributed by atoms with van der Waals surface area (Å²) in [5.41, 5.74) is 0.939. The van der Waals surface area contributed by atoms with Gasteiger partial charge in [0.25, 0.3) is 0 Å². The Morgan fingerprint density at radius 2 is 2.05 bits per heavy atom. The lowest BCUT2D eigenvalue weighted by Crippen LogP contribution is -1.92. The third kappa shape index (κ3) is 2.44. The second-order valence-electron chi connectivity index (χ2n) is 4.14. The van der Waals surface area contributed by atoms with Crippen LogP contribution in [0.25, 0.3) is 10.9 Å². The van der Waals surface area contributed by atoms with Gasteiger partial charge in [0.1, 0.15) is 11.4 Å². The molecule has 1 aromatic carbocycles. The van der Waals surface area contributed by atoms with Crippen LogP contribution in [0.2, 0.25) is 0 Å². The van der Waals surface area contributed by atoms with Crippen LogP contribution in [0.1, 0.15) is 23.9 Å². The van der Waals surface area contributed by atoms with Crippen LogP contribution in [0.15, 0.2) is 40.1 Å². The van der Waals surface area contributed by atoms with E-state index in [0.717, 1.165) is 15.9 Å². The molecule has 2 aromatic heterocycles. The van der Waals surface area contributed by atoms with Crippen molar-refractivity contribution in [2.75, 3.05) is 0 Å². The number of thioether (sulfide) groups is 1. The highest BCUT2D eigenvalue weighted by atomic mass is 32.2. The van der Waals surface area contributed by atoms with E-state index in [-0.39, 0.29) is 5.25 Å². The van der Waals surface area contributed by atoms with Gasteiger partial charge >= 0.3 is 0 Å². The Bertz CT molecular complexity index is 707. The molecule has 3 aromatic rings. The summed E-state index contributed by atoms with van der Waals surface area (Å²) < 4.78 is 5.18. The van der Waals surface area contributed by atoms with E-state index in [1.807, 2.05) is 38.1 Å². The van der Waals surface area contributed by atoms with Crippen LogP contribution in [0.3, 0.4) is 0 Å². The molecule has 6 heteroatoms. The Morgan fingerprint density at radius 3 is 2.84 bits per heavy atom. The summed E-state index contributed by atoms with van der Waals surface area (Å²) >= 11 is 1.59. The van der Waals surface area contributed by atoms with E-state index in [1.165, 1.54) is 0 Å². The average molecular weight is 272 g/mol. The van der Waals surface area contributed by atoms with E-state index in [4.69, 9.17) is 4.52 Å². The second-order valence-corrected chi connectivity index (χ2v) is 5.47. The molecule has 0 fully saturated rings. The predicted molar refractivity (Wildman–Crippen MR) is 72.8 cm³/mol. The van der Waals surface area contributed by atoms with Crippen LogP contribution in [0.5, 0.6) is 0 Å². The number of rotatable bonds is 3. The number of hydrogen-bond donors (Lipinski definition) is 0. The van der Waals surface area contributed by atoms with Crippen molar-refractivity contribution in [2.24, 2.45) is 0 Å². The first kappa shape index (κ1) is 12.1. The molecule has 3 rings (SSSR count). The SMILES string of the molecule is Cc1noc([C@H](C)Sc2ncnc3ccccc23)n1. The fourth-order valence-electron chi connectivity index (χ4n) is 1.77. The number of benzene rings is 1. The summed E-state index contributed by atoms with van der Waals surface area (Å²) in [4.78, 5) is 12.8. The molecular weight excluding hydrogens is 260 g/mol. The third-order valence-electron chi connectivity index (χ3n) is 2.69. The highest BCUT2D eigenvalue weighted by Gasteiger charge is 2.16. The predicted octanol–water partition coefficient (Wildman–Crippen LogP) is 3.17. The Balaban J connectivity index is 1.93. The third-order valence-corrected chi connectivity index (χ3v) is 3.79. The topological polar surface area (TPSA) is 64.7 Å². The molecule has 0 radical (unpaired) electrons. The van der Waals surface area contributed by atoms with Crippen LogP contribution in [-0.2, 0) is 0 Å². The van der Waals surface area contributed by atoms with Crippen molar-refractivity contribution in [3.8, 4) is 0 Å². The second kappa shape index (κ2) is 4.97. The van der Waals surface area contributed by atoms with Gasteiger partial charge in [-0.25, -0.2) is 9.97 Å². The van der Waals surface area contributed by atoms with Crippen molar-refractivity contribution in [1.29, 1.82) is 0 Å². The van der Waals surface area contributed by atoms with Gasteiger partial charge in [0.15, 0.2) is 5.82 Å². The molecule has 96 valence electrons. The minimum absolute atomic E-state index is 0.0551. The van der Waals surface area contributed by atoms with E-state index < -0.39 is 0 Å². The summed E-state index contributed by atoms with van der Waals surface area (Å²) in [5.74, 6) is 1.26. The van der Waals surface area contributed by atoms with Gasteiger partial charge in [-0.3, -0.25) is 0 Å². The first-order valence-electron chi connectivity index (χ1n) is 5.90. The molecule has 19 heavy (non-hydrogen) atoms. The summed E-state index contributed by atoms with van der Waals surface area (Å²) in [6, 6.07) is 7.94. The van der Waals surface area contributed by atoms with E-state index in [0.29, 0.717) is 11.7 Å². The normalized spacial score (nSPS) is 12.7. The van der Waals surface area contributed by atoms with Gasteiger partial charge in [0, 0.05) is 5.39 Å². The maximum Gasteiger partial charge on any atom is 0.239 e. The zero-order valence-corrected chi connectivity index (χ0v) is 11.4. The number of aromatic nitrogens is 4. The molecule has 0 N–H and O–H groups in total. The zero-order chi connectivity index (χ0) is 13.2. The van der Waals surface area contributed by atoms with E-state index in [9.17, 15) is 0 Å². The zero-order valence-electron chi connectivity index (χ0n) is 10.6. The Labute approximate surface area is 114 Å². The first-order valence-corrected chi connectivity index (χ1v) is 6.78. The Morgan fingerprint density at radius 1 is 1.21 bits per heavy atom. The maximum absolute atomic E-state index is 5.18. The number of aryl methyl sites for hydroxylation is 1. The van der Waals surface area contributed by atoms with Gasteiger partial charge in [0.05, 0.1) is 10.8 Å². The summed E-state index contributed by atoms with van der Waals surface area (Å²) in [7, 11) is 0. The van der Waals surface area contributed by atoms with Gasteiger partial charge < -0.3 is 4.52 Å². The summed E-state index contributed by atoms with van der Waals surface area (Å²) in [6.45, 7) is 3.83. The molecule has 0 spiro atoms. The fraction of sp³-hybridized carbons (Fsp3) is 0.231. The van der Waals surface area contributed by atoms with Crippen LogP contribution in [-0.4, -0.2) is 20.1 Å². The molecule has 2 heterocycles. The maximum atomic E-state index is 5.18. The van der Waals surface area contributed by atoms with Gasteiger partial charge in [0.2, 0.25) is 5.89 Å². The molecule has 0 saturated heterocycles. The van der Waals surface area contributed by atoms with Crippen molar-refractivity contribution in [3.05, 3.63) is 42.3 Å². The smallest absolute Gasteiger partial charge is 0.239 e. The molecule has 0 aliphatic carbocycles. The van der Waals surface area contributed by atoms with Crippen LogP contribution in [0, 0.1) is 6.92 Å². The Kier molecular flexibility index (Phi) is 3.16. The van der Waals surface area contributed by atoms with Crippen LogP contribution < -0.4 is 0 Å². The van der Waals surface area contributed by atoms with E-state index in [1.54, 1.807) is 18.1 Å². The first-order chi connectivity index (χ1) is 9.24. The lowest BCUT2D eigenvalue weighted by atomic mass is 10.2. The molecule has 0 aliphatic rings. The fourth-order valence-corrected chi connectivity index (χ4v) is 2.71. The number of nitrogens with zero attached hydrogens (tertiary/aromatic N) is 4. The number of para-hydroxylation sites is 1. The molecule has 0 unspecified atom stereocenters. The molecule has 0 amide bonds. The standard InChI is InChI=1S/C13H12N4OS/c1-8(12-16-9(2)17-18-12)19-13-10-5-3-4-6-11(10)14-7-15-13/h3-8H,1-2H3/t8-/m0/s1. The highest BCUT2D eigenvalue weighted by molar-refractivity contribution is 7.99. The Hall–Kier alpha value is -1.95. The molecule has 1 atom stereocenters.